The molecule has 33 heavy (non-hydrogen) atoms. The SMILES string of the molecule is CCC(CC1CC1)C(CC)Nc1cc(N(C)C)nc(N2CCN(Cc3ccccc3)CC2)n1. The van der Waals surface area contributed by atoms with Gasteiger partial charge in [-0.3, -0.25) is 4.90 Å². The monoisotopic (exact) mass is 450 g/mol. The molecule has 6 nitrogen and oxygen atoms in total. The quantitative estimate of drug-likeness (QED) is 0.526. The largest absolute Gasteiger partial charge is 0.367 e. The van der Waals surface area contributed by atoms with E-state index in [9.17, 15) is 0 Å². The second-order valence-corrected chi connectivity index (χ2v) is 10.1. The van der Waals surface area contributed by atoms with Gasteiger partial charge in [0.05, 0.1) is 0 Å². The van der Waals surface area contributed by atoms with E-state index in [2.05, 4.69) is 84.4 Å². The van der Waals surface area contributed by atoms with Gasteiger partial charge in [0.15, 0.2) is 0 Å². The van der Waals surface area contributed by atoms with Crippen LogP contribution in [0, 0.1) is 11.8 Å². The number of anilines is 3. The molecule has 1 aromatic carbocycles. The molecule has 1 aliphatic carbocycles. The first-order valence-corrected chi connectivity index (χ1v) is 12.9. The van der Waals surface area contributed by atoms with Gasteiger partial charge in [0.2, 0.25) is 5.95 Å². The predicted molar refractivity (Wildman–Crippen MR) is 139 cm³/mol. The molecule has 1 saturated carbocycles. The lowest BCUT2D eigenvalue weighted by atomic mass is 9.89. The number of hydrogen-bond acceptors (Lipinski definition) is 6. The molecule has 0 spiro atoms. The van der Waals surface area contributed by atoms with Crippen LogP contribution in [0.5, 0.6) is 0 Å². The second-order valence-electron chi connectivity index (χ2n) is 10.1. The molecule has 1 aromatic heterocycles. The number of nitrogens with zero attached hydrogens (tertiary/aromatic N) is 5. The van der Waals surface area contributed by atoms with Crippen LogP contribution in [0.15, 0.2) is 36.4 Å². The van der Waals surface area contributed by atoms with Gasteiger partial charge in [0.25, 0.3) is 0 Å². The molecule has 2 fully saturated rings. The third-order valence-electron chi connectivity index (χ3n) is 7.26. The fourth-order valence-electron chi connectivity index (χ4n) is 4.95. The van der Waals surface area contributed by atoms with Crippen molar-refractivity contribution >= 4 is 17.6 Å². The Labute approximate surface area is 200 Å². The van der Waals surface area contributed by atoms with Crippen molar-refractivity contribution in [3.05, 3.63) is 42.0 Å². The van der Waals surface area contributed by atoms with E-state index in [0.717, 1.165) is 62.6 Å². The third kappa shape index (κ3) is 6.59. The Kier molecular flexibility index (Phi) is 8.07. The molecule has 1 saturated heterocycles. The number of hydrogen-bond donors (Lipinski definition) is 1. The molecule has 2 atom stereocenters. The number of rotatable bonds is 11. The summed E-state index contributed by atoms with van der Waals surface area (Å²) in [6, 6.07) is 13.3. The summed E-state index contributed by atoms with van der Waals surface area (Å²) in [5.74, 6) is 4.46. The molecule has 1 N–H and O–H groups in total. The number of nitrogens with one attached hydrogen (secondary N) is 1. The molecule has 2 aromatic rings. The van der Waals surface area contributed by atoms with Crippen molar-refractivity contribution in [2.45, 2.75) is 58.5 Å². The van der Waals surface area contributed by atoms with Gasteiger partial charge in [-0.25, -0.2) is 0 Å². The van der Waals surface area contributed by atoms with Gasteiger partial charge < -0.3 is 15.1 Å². The minimum absolute atomic E-state index is 0.469. The van der Waals surface area contributed by atoms with Gasteiger partial charge in [0, 0.05) is 58.9 Å². The van der Waals surface area contributed by atoms with Crippen LogP contribution in [0.2, 0.25) is 0 Å². The highest BCUT2D eigenvalue weighted by molar-refractivity contribution is 5.54. The van der Waals surface area contributed by atoms with Crippen molar-refractivity contribution in [1.82, 2.24) is 14.9 Å². The highest BCUT2D eigenvalue weighted by Crippen LogP contribution is 2.38. The summed E-state index contributed by atoms with van der Waals surface area (Å²) >= 11 is 0. The predicted octanol–water partition coefficient (Wildman–Crippen LogP) is 4.88. The molecule has 180 valence electrons. The van der Waals surface area contributed by atoms with Crippen LogP contribution in [0.3, 0.4) is 0 Å². The van der Waals surface area contributed by atoms with E-state index in [1.54, 1.807) is 0 Å². The number of aromatic nitrogens is 2. The Hall–Kier alpha value is -2.34. The average molecular weight is 451 g/mol. The van der Waals surface area contributed by atoms with Crippen molar-refractivity contribution < 1.29 is 0 Å². The van der Waals surface area contributed by atoms with E-state index in [1.165, 1.54) is 31.2 Å². The fourth-order valence-corrected chi connectivity index (χ4v) is 4.95. The minimum Gasteiger partial charge on any atom is -0.367 e. The molecule has 0 bridgehead atoms. The summed E-state index contributed by atoms with van der Waals surface area (Å²) in [4.78, 5) is 16.9. The van der Waals surface area contributed by atoms with E-state index >= 15 is 0 Å². The summed E-state index contributed by atoms with van der Waals surface area (Å²) in [6.45, 7) is 9.63. The third-order valence-corrected chi connectivity index (χ3v) is 7.26. The smallest absolute Gasteiger partial charge is 0.229 e. The zero-order chi connectivity index (χ0) is 23.2. The fraction of sp³-hybridized carbons (Fsp3) is 0.630. The highest BCUT2D eigenvalue weighted by atomic mass is 15.3. The lowest BCUT2D eigenvalue weighted by Crippen LogP contribution is -2.46. The molecule has 0 amide bonds. The van der Waals surface area contributed by atoms with Crippen molar-refractivity contribution in [3.63, 3.8) is 0 Å². The van der Waals surface area contributed by atoms with Crippen molar-refractivity contribution in [3.8, 4) is 0 Å². The topological polar surface area (TPSA) is 47.5 Å². The molecule has 6 heteroatoms. The van der Waals surface area contributed by atoms with Gasteiger partial charge in [-0.15, -0.1) is 0 Å². The van der Waals surface area contributed by atoms with Gasteiger partial charge in [0.1, 0.15) is 11.6 Å². The maximum Gasteiger partial charge on any atom is 0.229 e. The first kappa shape index (κ1) is 23.8. The Balaban J connectivity index is 1.43. The van der Waals surface area contributed by atoms with Crippen LogP contribution in [-0.2, 0) is 6.54 Å². The standard InChI is InChI=1S/C27H42N6/c1-5-23(18-21-12-13-21)24(6-2)28-25-19-26(31(3)4)30-27(29-25)33-16-14-32(15-17-33)20-22-10-8-7-9-11-22/h7-11,19,21,23-24H,5-6,12-18,20H2,1-4H3,(H,28,29,30). The van der Waals surface area contributed by atoms with Crippen LogP contribution in [-0.4, -0.2) is 61.2 Å². The maximum atomic E-state index is 5.01. The Morgan fingerprint density at radius 1 is 1.00 bits per heavy atom. The Morgan fingerprint density at radius 2 is 1.73 bits per heavy atom. The normalized spacial score (nSPS) is 18.7. The summed E-state index contributed by atoms with van der Waals surface area (Å²) in [7, 11) is 4.12. The zero-order valence-electron chi connectivity index (χ0n) is 21.0. The van der Waals surface area contributed by atoms with Gasteiger partial charge in [-0.1, -0.05) is 63.4 Å². The first-order valence-electron chi connectivity index (χ1n) is 12.9. The molecule has 4 rings (SSSR count). The van der Waals surface area contributed by atoms with Crippen molar-refractivity contribution in [1.29, 1.82) is 0 Å². The van der Waals surface area contributed by atoms with E-state index < -0.39 is 0 Å². The lowest BCUT2D eigenvalue weighted by molar-refractivity contribution is 0.248. The van der Waals surface area contributed by atoms with Crippen LogP contribution in [0.25, 0.3) is 0 Å². The van der Waals surface area contributed by atoms with E-state index in [1.807, 2.05) is 0 Å². The zero-order valence-corrected chi connectivity index (χ0v) is 21.0. The van der Waals surface area contributed by atoms with Gasteiger partial charge in [-0.05, 0) is 30.2 Å². The molecule has 2 aliphatic rings. The average Bonchev–Trinajstić information content (AvgIpc) is 3.66. The summed E-state index contributed by atoms with van der Waals surface area (Å²) in [5, 5.41) is 3.81. The first-order chi connectivity index (χ1) is 16.1. The minimum atomic E-state index is 0.469. The maximum absolute atomic E-state index is 5.01. The summed E-state index contributed by atoms with van der Waals surface area (Å²) in [5.41, 5.74) is 1.38. The molecule has 1 aliphatic heterocycles. The van der Waals surface area contributed by atoms with Crippen LogP contribution in [0.4, 0.5) is 17.6 Å². The number of piperazine rings is 1. The molecule has 0 radical (unpaired) electrons. The Bertz CT molecular complexity index is 858. The number of benzene rings is 1. The summed E-state index contributed by atoms with van der Waals surface area (Å²) in [6.07, 6.45) is 6.55. The van der Waals surface area contributed by atoms with Crippen molar-refractivity contribution in [2.75, 3.05) is 55.4 Å². The van der Waals surface area contributed by atoms with E-state index in [0.29, 0.717) is 12.0 Å². The van der Waals surface area contributed by atoms with Crippen LogP contribution >= 0.6 is 0 Å². The molecule has 2 heterocycles. The van der Waals surface area contributed by atoms with Gasteiger partial charge in [-0.2, -0.15) is 9.97 Å². The second kappa shape index (κ2) is 11.2. The van der Waals surface area contributed by atoms with Crippen molar-refractivity contribution in [2.24, 2.45) is 11.8 Å². The molecular weight excluding hydrogens is 408 g/mol. The van der Waals surface area contributed by atoms with Crippen LogP contribution < -0.4 is 15.1 Å². The molecular formula is C27H42N6. The summed E-state index contributed by atoms with van der Waals surface area (Å²) < 4.78 is 0. The Morgan fingerprint density at radius 3 is 2.33 bits per heavy atom. The van der Waals surface area contributed by atoms with E-state index in [-0.39, 0.29) is 0 Å². The lowest BCUT2D eigenvalue weighted by Gasteiger charge is -2.35. The van der Waals surface area contributed by atoms with Gasteiger partial charge >= 0.3 is 0 Å². The highest BCUT2D eigenvalue weighted by Gasteiger charge is 2.29. The van der Waals surface area contributed by atoms with Crippen LogP contribution in [0.1, 0.15) is 51.5 Å². The molecule has 2 unspecified atom stereocenters. The van der Waals surface area contributed by atoms with E-state index in [4.69, 9.17) is 9.97 Å².